The Hall–Kier alpha value is -4.28. The molecule has 0 bridgehead atoms. The lowest BCUT2D eigenvalue weighted by Gasteiger charge is -2.20. The molecule has 2 aromatic carbocycles. The normalized spacial score (nSPS) is 11.2. The zero-order valence-corrected chi connectivity index (χ0v) is 22.8. The minimum Gasteiger partial charge on any atom is -0.481 e. The largest absolute Gasteiger partial charge is 0.481 e. The third kappa shape index (κ3) is 6.24. The van der Waals surface area contributed by atoms with E-state index in [0.29, 0.717) is 34.3 Å². The molecule has 0 unspecified atom stereocenters. The molecule has 39 heavy (non-hydrogen) atoms. The van der Waals surface area contributed by atoms with Crippen molar-refractivity contribution >= 4 is 45.8 Å². The maximum absolute atomic E-state index is 13.2. The molecule has 2 amide bonds. The molecule has 202 valence electrons. The van der Waals surface area contributed by atoms with Gasteiger partial charge in [-0.25, -0.2) is 15.0 Å². The first-order valence-electron chi connectivity index (χ1n) is 12.1. The topological polar surface area (TPSA) is 138 Å². The van der Waals surface area contributed by atoms with Crippen LogP contribution in [0.15, 0.2) is 54.7 Å². The fourth-order valence-corrected chi connectivity index (χ4v) is 3.94. The summed E-state index contributed by atoms with van der Waals surface area (Å²) in [4.78, 5) is 38.9. The fraction of sp³-hybridized carbons (Fsp3) is 0.250. The van der Waals surface area contributed by atoms with Gasteiger partial charge in [-0.15, -0.1) is 0 Å². The standard InChI is InChI=1S/C28H29ClN6O4/c1-28(2,15-36)27(38)32-14-16-5-8-21(29)20(11-16)26(37)33-18-6-7-19-22(13-18)34-24(35-25(19)30-3)17-9-10-31-23(12-17)39-4/h5-13,36H,14-15H2,1-4H3,(H,32,38)(H,33,37)(H,30,34,35). The van der Waals surface area contributed by atoms with Gasteiger partial charge in [0.1, 0.15) is 5.82 Å². The number of aromatic nitrogens is 3. The number of amides is 2. The molecule has 0 radical (unpaired) electrons. The Morgan fingerprint density at radius 1 is 1.08 bits per heavy atom. The molecule has 0 saturated carbocycles. The van der Waals surface area contributed by atoms with Crippen molar-refractivity contribution in [3.63, 3.8) is 0 Å². The number of rotatable bonds is 9. The predicted molar refractivity (Wildman–Crippen MR) is 151 cm³/mol. The number of carbonyl (C=O) groups excluding carboxylic acids is 2. The van der Waals surface area contributed by atoms with Crippen molar-refractivity contribution in [2.45, 2.75) is 20.4 Å². The maximum atomic E-state index is 13.2. The molecular formula is C28H29ClN6O4. The van der Waals surface area contributed by atoms with Crippen molar-refractivity contribution in [2.75, 3.05) is 31.4 Å². The van der Waals surface area contributed by atoms with Crippen molar-refractivity contribution in [3.05, 3.63) is 70.9 Å². The van der Waals surface area contributed by atoms with Gasteiger partial charge in [0.15, 0.2) is 5.82 Å². The highest BCUT2D eigenvalue weighted by Crippen LogP contribution is 2.28. The second kappa shape index (κ2) is 11.6. The number of hydrogen-bond donors (Lipinski definition) is 4. The molecule has 0 aliphatic heterocycles. The zero-order valence-electron chi connectivity index (χ0n) is 22.0. The van der Waals surface area contributed by atoms with Gasteiger partial charge in [0.25, 0.3) is 5.91 Å². The van der Waals surface area contributed by atoms with E-state index in [1.54, 1.807) is 69.6 Å². The number of hydrogen-bond acceptors (Lipinski definition) is 8. The zero-order chi connectivity index (χ0) is 28.2. The molecule has 0 atom stereocenters. The number of nitrogens with zero attached hydrogens (tertiary/aromatic N) is 3. The molecule has 10 nitrogen and oxygen atoms in total. The number of aliphatic hydroxyl groups is 1. The molecular weight excluding hydrogens is 520 g/mol. The van der Waals surface area contributed by atoms with Gasteiger partial charge in [-0.3, -0.25) is 9.59 Å². The third-order valence-electron chi connectivity index (χ3n) is 6.13. The second-order valence-corrected chi connectivity index (χ2v) is 9.86. The number of anilines is 2. The molecule has 2 aromatic heterocycles. The smallest absolute Gasteiger partial charge is 0.257 e. The van der Waals surface area contributed by atoms with E-state index in [1.807, 2.05) is 6.07 Å². The molecule has 2 heterocycles. The van der Waals surface area contributed by atoms with Crippen LogP contribution in [-0.2, 0) is 11.3 Å². The predicted octanol–water partition coefficient (Wildman–Crippen LogP) is 4.28. The van der Waals surface area contributed by atoms with Crippen LogP contribution < -0.4 is 20.7 Å². The summed E-state index contributed by atoms with van der Waals surface area (Å²) in [6.45, 7) is 3.20. The van der Waals surface area contributed by atoms with Gasteiger partial charge in [-0.2, -0.15) is 0 Å². The molecule has 0 spiro atoms. The molecule has 0 fully saturated rings. The molecule has 4 N–H and O–H groups in total. The van der Waals surface area contributed by atoms with Crippen LogP contribution in [0.4, 0.5) is 11.5 Å². The summed E-state index contributed by atoms with van der Waals surface area (Å²) in [7, 11) is 3.31. The van der Waals surface area contributed by atoms with Crippen LogP contribution in [0.2, 0.25) is 5.02 Å². The molecule has 4 aromatic rings. The lowest BCUT2D eigenvalue weighted by molar-refractivity contribution is -0.131. The lowest BCUT2D eigenvalue weighted by Crippen LogP contribution is -2.38. The van der Waals surface area contributed by atoms with Crippen LogP contribution in [0.5, 0.6) is 5.88 Å². The molecule has 0 saturated heterocycles. The minimum atomic E-state index is -0.914. The summed E-state index contributed by atoms with van der Waals surface area (Å²) >= 11 is 6.34. The Labute approximate surface area is 230 Å². The quantitative estimate of drug-likeness (QED) is 0.243. The summed E-state index contributed by atoms with van der Waals surface area (Å²) in [5.74, 6) is 0.836. The third-order valence-corrected chi connectivity index (χ3v) is 6.46. The highest BCUT2D eigenvalue weighted by molar-refractivity contribution is 6.34. The van der Waals surface area contributed by atoms with Gasteiger partial charge < -0.3 is 25.8 Å². The Balaban J connectivity index is 1.59. The van der Waals surface area contributed by atoms with E-state index in [9.17, 15) is 14.7 Å². The lowest BCUT2D eigenvalue weighted by atomic mass is 9.93. The summed E-state index contributed by atoms with van der Waals surface area (Å²) in [5, 5.41) is 19.2. The second-order valence-electron chi connectivity index (χ2n) is 9.46. The average molecular weight is 549 g/mol. The van der Waals surface area contributed by atoms with Gasteiger partial charge in [0.2, 0.25) is 11.8 Å². The van der Waals surface area contributed by atoms with Crippen LogP contribution >= 0.6 is 11.6 Å². The first kappa shape index (κ1) is 27.7. The summed E-state index contributed by atoms with van der Waals surface area (Å²) in [6.07, 6.45) is 1.62. The Kier molecular flexibility index (Phi) is 8.27. The van der Waals surface area contributed by atoms with E-state index < -0.39 is 11.3 Å². The van der Waals surface area contributed by atoms with E-state index in [1.165, 1.54) is 7.11 Å². The highest BCUT2D eigenvalue weighted by atomic mass is 35.5. The monoisotopic (exact) mass is 548 g/mol. The number of halogens is 1. The van der Waals surface area contributed by atoms with E-state index in [2.05, 4.69) is 25.9 Å². The number of aliphatic hydroxyl groups excluding tert-OH is 1. The molecule has 0 aliphatic carbocycles. The maximum Gasteiger partial charge on any atom is 0.257 e. The number of benzene rings is 2. The van der Waals surface area contributed by atoms with Crippen molar-refractivity contribution in [1.82, 2.24) is 20.3 Å². The van der Waals surface area contributed by atoms with Gasteiger partial charge >= 0.3 is 0 Å². The summed E-state index contributed by atoms with van der Waals surface area (Å²) < 4.78 is 5.22. The van der Waals surface area contributed by atoms with E-state index in [-0.39, 0.29) is 29.6 Å². The fourth-order valence-electron chi connectivity index (χ4n) is 3.74. The van der Waals surface area contributed by atoms with E-state index in [4.69, 9.17) is 21.3 Å². The van der Waals surface area contributed by atoms with Crippen LogP contribution in [0.3, 0.4) is 0 Å². The van der Waals surface area contributed by atoms with Gasteiger partial charge in [-0.05, 0) is 55.8 Å². The van der Waals surface area contributed by atoms with E-state index >= 15 is 0 Å². The van der Waals surface area contributed by atoms with Crippen LogP contribution in [0.25, 0.3) is 22.3 Å². The minimum absolute atomic E-state index is 0.183. The van der Waals surface area contributed by atoms with Crippen molar-refractivity contribution in [3.8, 4) is 17.3 Å². The Morgan fingerprint density at radius 3 is 2.59 bits per heavy atom. The first-order chi connectivity index (χ1) is 18.6. The molecule has 4 rings (SSSR count). The first-order valence-corrected chi connectivity index (χ1v) is 12.5. The molecule has 0 aliphatic rings. The molecule has 11 heteroatoms. The Bertz CT molecular complexity index is 1540. The Morgan fingerprint density at radius 2 is 1.87 bits per heavy atom. The number of carbonyl (C=O) groups is 2. The number of methoxy groups -OCH3 is 1. The number of nitrogens with one attached hydrogen (secondary N) is 3. The average Bonchev–Trinajstić information content (AvgIpc) is 2.95. The van der Waals surface area contributed by atoms with Gasteiger partial charge in [0.05, 0.1) is 35.2 Å². The SMILES string of the molecule is CNc1nc(-c2ccnc(OC)c2)nc2cc(NC(=O)c3cc(CNC(=O)C(C)(C)CO)ccc3Cl)ccc12. The van der Waals surface area contributed by atoms with Crippen molar-refractivity contribution < 1.29 is 19.4 Å². The highest BCUT2D eigenvalue weighted by Gasteiger charge is 2.26. The number of ether oxygens (including phenoxy) is 1. The van der Waals surface area contributed by atoms with Crippen LogP contribution in [0, 0.1) is 5.41 Å². The van der Waals surface area contributed by atoms with Crippen LogP contribution in [-0.4, -0.2) is 52.6 Å². The van der Waals surface area contributed by atoms with E-state index in [0.717, 1.165) is 10.9 Å². The van der Waals surface area contributed by atoms with Gasteiger partial charge in [-0.1, -0.05) is 17.7 Å². The van der Waals surface area contributed by atoms with Gasteiger partial charge in [0, 0.05) is 42.5 Å². The summed E-state index contributed by atoms with van der Waals surface area (Å²) in [6, 6.07) is 13.8. The summed E-state index contributed by atoms with van der Waals surface area (Å²) in [5.41, 5.74) is 1.90. The van der Waals surface area contributed by atoms with Crippen LogP contribution in [0.1, 0.15) is 29.8 Å². The van der Waals surface area contributed by atoms with Crippen molar-refractivity contribution in [2.24, 2.45) is 5.41 Å². The number of fused-ring (bicyclic) bond motifs is 1. The van der Waals surface area contributed by atoms with Crippen molar-refractivity contribution in [1.29, 1.82) is 0 Å². The number of pyridine rings is 1.